The lowest BCUT2D eigenvalue weighted by Gasteiger charge is -2.22. The Morgan fingerprint density at radius 3 is 2.75 bits per heavy atom. The largest absolute Gasteiger partial charge is 0.352 e. The summed E-state index contributed by atoms with van der Waals surface area (Å²) < 4.78 is 0. The normalized spacial score (nSPS) is 38.6. The second-order valence-electron chi connectivity index (χ2n) is 3.98. The quantitative estimate of drug-likeness (QED) is 0.653. The number of halogens is 1. The van der Waals surface area contributed by atoms with Crippen molar-refractivity contribution in [3.63, 3.8) is 0 Å². The summed E-state index contributed by atoms with van der Waals surface area (Å²) in [5.74, 6) is 1.74. The Balaban J connectivity index is 1.86. The molecule has 2 saturated carbocycles. The molecule has 2 fully saturated rings. The van der Waals surface area contributed by atoms with Crippen LogP contribution in [0.15, 0.2) is 0 Å². The van der Waals surface area contributed by atoms with E-state index in [1.165, 1.54) is 25.7 Å². The lowest BCUT2D eigenvalue weighted by Crippen LogP contribution is -2.39. The van der Waals surface area contributed by atoms with Crippen molar-refractivity contribution in [3.8, 4) is 0 Å². The minimum absolute atomic E-state index is 0.00535. The van der Waals surface area contributed by atoms with Gasteiger partial charge in [-0.25, -0.2) is 0 Å². The number of rotatable bonds is 2. The second kappa shape index (κ2) is 3.25. The number of carbonyl (C=O) groups excluding carboxylic acids is 1. The molecule has 2 aliphatic rings. The van der Waals surface area contributed by atoms with Crippen molar-refractivity contribution in [2.45, 2.75) is 31.7 Å². The Morgan fingerprint density at radius 1 is 1.42 bits per heavy atom. The predicted molar refractivity (Wildman–Crippen MR) is 48.1 cm³/mol. The molecule has 2 rings (SSSR count). The minimum atomic E-state index is -0.00535. The highest BCUT2D eigenvalue weighted by Gasteiger charge is 2.39. The van der Waals surface area contributed by atoms with Crippen LogP contribution in [0.5, 0.6) is 0 Å². The molecule has 0 radical (unpaired) electrons. The highest BCUT2D eigenvalue weighted by Crippen LogP contribution is 2.44. The van der Waals surface area contributed by atoms with Gasteiger partial charge < -0.3 is 5.32 Å². The monoisotopic (exact) mass is 187 g/mol. The molecule has 0 unspecified atom stereocenters. The molecule has 12 heavy (non-hydrogen) atoms. The van der Waals surface area contributed by atoms with Gasteiger partial charge in [0.05, 0.1) is 0 Å². The topological polar surface area (TPSA) is 29.1 Å². The fourth-order valence-corrected chi connectivity index (χ4v) is 2.74. The summed E-state index contributed by atoms with van der Waals surface area (Å²) in [6, 6.07) is 0.440. The van der Waals surface area contributed by atoms with E-state index in [-0.39, 0.29) is 11.8 Å². The Labute approximate surface area is 77.7 Å². The van der Waals surface area contributed by atoms with Crippen molar-refractivity contribution in [1.29, 1.82) is 0 Å². The Hall–Kier alpha value is -0.240. The van der Waals surface area contributed by atoms with Crippen LogP contribution in [0.3, 0.4) is 0 Å². The summed E-state index contributed by atoms with van der Waals surface area (Å²) in [5, 5.41) is 2.99. The van der Waals surface area contributed by atoms with Gasteiger partial charge in [-0.15, -0.1) is 11.6 Å². The Bertz CT molecular complexity index is 195. The van der Waals surface area contributed by atoms with Crippen molar-refractivity contribution in [1.82, 2.24) is 5.32 Å². The molecular weight excluding hydrogens is 174 g/mol. The van der Waals surface area contributed by atoms with E-state index in [9.17, 15) is 4.79 Å². The zero-order valence-corrected chi connectivity index (χ0v) is 7.81. The van der Waals surface area contributed by atoms with Gasteiger partial charge >= 0.3 is 0 Å². The van der Waals surface area contributed by atoms with E-state index in [0.717, 1.165) is 11.8 Å². The van der Waals surface area contributed by atoms with Crippen molar-refractivity contribution in [2.75, 3.05) is 5.88 Å². The summed E-state index contributed by atoms with van der Waals surface area (Å²) in [6.07, 6.45) is 5.19. The summed E-state index contributed by atoms with van der Waals surface area (Å²) in [4.78, 5) is 11.0. The highest BCUT2D eigenvalue weighted by molar-refractivity contribution is 6.27. The number of amides is 1. The number of alkyl halides is 1. The summed E-state index contributed by atoms with van der Waals surface area (Å²) in [5.41, 5.74) is 0. The van der Waals surface area contributed by atoms with Gasteiger partial charge in [-0.2, -0.15) is 0 Å². The number of hydrogen-bond donors (Lipinski definition) is 1. The lowest BCUT2D eigenvalue weighted by molar-refractivity contribution is -0.119. The van der Waals surface area contributed by atoms with Gasteiger partial charge in [0.1, 0.15) is 5.88 Å². The van der Waals surface area contributed by atoms with E-state index in [1.54, 1.807) is 0 Å². The van der Waals surface area contributed by atoms with Crippen LogP contribution in [0.2, 0.25) is 0 Å². The smallest absolute Gasteiger partial charge is 0.235 e. The molecule has 2 aliphatic carbocycles. The predicted octanol–water partition coefficient (Wildman–Crippen LogP) is 1.53. The number of hydrogen-bond acceptors (Lipinski definition) is 1. The van der Waals surface area contributed by atoms with Crippen LogP contribution in [-0.4, -0.2) is 17.8 Å². The van der Waals surface area contributed by atoms with E-state index < -0.39 is 0 Å². The van der Waals surface area contributed by atoms with Gasteiger partial charge in [0, 0.05) is 6.04 Å². The van der Waals surface area contributed by atoms with E-state index in [1.807, 2.05) is 0 Å². The maximum atomic E-state index is 11.0. The highest BCUT2D eigenvalue weighted by atomic mass is 35.5. The van der Waals surface area contributed by atoms with Crippen molar-refractivity contribution in [3.05, 3.63) is 0 Å². The van der Waals surface area contributed by atoms with Gasteiger partial charge in [0.15, 0.2) is 0 Å². The molecular formula is C9H14ClNO. The molecule has 0 aliphatic heterocycles. The van der Waals surface area contributed by atoms with Crippen LogP contribution in [0.4, 0.5) is 0 Å². The SMILES string of the molecule is O=C(CCl)N[C@@H]1C[C@@H]2CC[C@H]1C2. The van der Waals surface area contributed by atoms with Crippen LogP contribution >= 0.6 is 11.6 Å². The standard InChI is InChI=1S/C9H14ClNO/c10-5-9(12)11-8-4-6-1-2-7(8)3-6/h6-8H,1-5H2,(H,11,12)/t6-,7+,8-/m1/s1. The molecule has 2 nitrogen and oxygen atoms in total. The van der Waals surface area contributed by atoms with Crippen LogP contribution in [0.25, 0.3) is 0 Å². The molecule has 0 saturated heterocycles. The van der Waals surface area contributed by atoms with E-state index in [0.29, 0.717) is 6.04 Å². The molecule has 0 aromatic carbocycles. The molecule has 68 valence electrons. The second-order valence-corrected chi connectivity index (χ2v) is 4.25. The van der Waals surface area contributed by atoms with E-state index in [2.05, 4.69) is 5.32 Å². The number of fused-ring (bicyclic) bond motifs is 2. The van der Waals surface area contributed by atoms with Crippen molar-refractivity contribution in [2.24, 2.45) is 11.8 Å². The van der Waals surface area contributed by atoms with Crippen molar-refractivity contribution >= 4 is 17.5 Å². The molecule has 0 heterocycles. The Morgan fingerprint density at radius 2 is 2.25 bits per heavy atom. The summed E-state index contributed by atoms with van der Waals surface area (Å²) in [7, 11) is 0. The molecule has 2 bridgehead atoms. The third-order valence-corrected chi connectivity index (χ3v) is 3.45. The van der Waals surface area contributed by atoms with Crippen LogP contribution < -0.4 is 5.32 Å². The number of nitrogens with one attached hydrogen (secondary N) is 1. The van der Waals surface area contributed by atoms with E-state index in [4.69, 9.17) is 11.6 Å². The average Bonchev–Trinajstić information content (AvgIpc) is 2.64. The first-order chi connectivity index (χ1) is 5.79. The average molecular weight is 188 g/mol. The van der Waals surface area contributed by atoms with Gasteiger partial charge in [-0.1, -0.05) is 6.42 Å². The first-order valence-corrected chi connectivity index (χ1v) is 5.18. The first kappa shape index (κ1) is 8.36. The summed E-state index contributed by atoms with van der Waals surface area (Å²) >= 11 is 5.42. The maximum Gasteiger partial charge on any atom is 0.235 e. The van der Waals surface area contributed by atoms with Gasteiger partial charge in [0.25, 0.3) is 0 Å². The molecule has 0 aromatic rings. The fraction of sp³-hybridized carbons (Fsp3) is 0.889. The van der Waals surface area contributed by atoms with Gasteiger partial charge in [0.2, 0.25) is 5.91 Å². The number of carbonyl (C=O) groups is 1. The third kappa shape index (κ3) is 1.45. The molecule has 1 amide bonds. The molecule has 0 spiro atoms. The van der Waals surface area contributed by atoms with Crippen LogP contribution in [0, 0.1) is 11.8 Å². The van der Waals surface area contributed by atoms with Crippen LogP contribution in [-0.2, 0) is 4.79 Å². The molecule has 1 N–H and O–H groups in total. The Kier molecular flexibility index (Phi) is 2.26. The fourth-order valence-electron chi connectivity index (χ4n) is 2.67. The first-order valence-electron chi connectivity index (χ1n) is 4.65. The van der Waals surface area contributed by atoms with Gasteiger partial charge in [-0.3, -0.25) is 4.79 Å². The van der Waals surface area contributed by atoms with Gasteiger partial charge in [-0.05, 0) is 31.1 Å². The molecule has 0 aromatic heterocycles. The molecule has 3 atom stereocenters. The zero-order chi connectivity index (χ0) is 8.55. The minimum Gasteiger partial charge on any atom is -0.352 e. The van der Waals surface area contributed by atoms with Crippen molar-refractivity contribution < 1.29 is 4.79 Å². The molecule has 3 heteroatoms. The third-order valence-electron chi connectivity index (χ3n) is 3.21. The van der Waals surface area contributed by atoms with Crippen LogP contribution in [0.1, 0.15) is 25.7 Å². The summed E-state index contributed by atoms with van der Waals surface area (Å²) in [6.45, 7) is 0. The zero-order valence-electron chi connectivity index (χ0n) is 7.05. The lowest BCUT2D eigenvalue weighted by atomic mass is 9.95. The maximum absolute atomic E-state index is 11.0. The van der Waals surface area contributed by atoms with E-state index >= 15 is 0 Å².